The molecular weight excluding hydrogens is 208 g/mol. The Balaban J connectivity index is 3.80. The number of rotatable bonds is 5. The van der Waals surface area contributed by atoms with Crippen LogP contribution in [0.15, 0.2) is 11.6 Å². The molecule has 0 heterocycles. The molecule has 0 atom stereocenters. The van der Waals surface area contributed by atoms with Gasteiger partial charge in [0.05, 0.1) is 6.54 Å². The van der Waals surface area contributed by atoms with Crippen LogP contribution in [-0.2, 0) is 9.59 Å². The third kappa shape index (κ3) is 7.99. The van der Waals surface area contributed by atoms with Gasteiger partial charge in [0.2, 0.25) is 5.91 Å². The quantitative estimate of drug-likeness (QED) is 0.473. The smallest absolute Gasteiger partial charge is 0.330 e. The molecule has 0 aliphatic rings. The Hall–Kier alpha value is -1.36. The van der Waals surface area contributed by atoms with Crippen molar-refractivity contribution in [1.82, 2.24) is 10.6 Å². The van der Waals surface area contributed by atoms with Gasteiger partial charge in [0.25, 0.3) is 0 Å². The Morgan fingerprint density at radius 3 is 2.31 bits per heavy atom. The van der Waals surface area contributed by atoms with Crippen LogP contribution in [-0.4, -0.2) is 35.6 Å². The lowest BCUT2D eigenvalue weighted by Gasteiger charge is -2.20. The molecule has 0 aliphatic heterocycles. The van der Waals surface area contributed by atoms with Gasteiger partial charge in [-0.3, -0.25) is 4.79 Å². The number of amides is 1. The minimum Gasteiger partial charge on any atom is -0.478 e. The number of carbonyl (C=O) groups excluding carboxylic acids is 1. The molecule has 3 N–H and O–H groups in total. The predicted molar refractivity (Wildman–Crippen MR) is 62.2 cm³/mol. The molecule has 92 valence electrons. The molecule has 0 radical (unpaired) electrons. The zero-order chi connectivity index (χ0) is 12.8. The monoisotopic (exact) mass is 228 g/mol. The van der Waals surface area contributed by atoms with Crippen LogP contribution in [0.25, 0.3) is 0 Å². The molecule has 5 nitrogen and oxygen atoms in total. The Kier molecular flexibility index (Phi) is 5.74. The van der Waals surface area contributed by atoms with E-state index in [9.17, 15) is 9.59 Å². The highest BCUT2D eigenvalue weighted by atomic mass is 16.4. The first-order valence-corrected chi connectivity index (χ1v) is 5.14. The van der Waals surface area contributed by atoms with E-state index in [0.717, 1.165) is 0 Å². The Morgan fingerprint density at radius 1 is 1.31 bits per heavy atom. The Bertz CT molecular complexity index is 290. The molecule has 0 aliphatic carbocycles. The summed E-state index contributed by atoms with van der Waals surface area (Å²) < 4.78 is 0. The van der Waals surface area contributed by atoms with Crippen molar-refractivity contribution in [2.45, 2.75) is 33.2 Å². The molecule has 0 aromatic rings. The van der Waals surface area contributed by atoms with E-state index >= 15 is 0 Å². The van der Waals surface area contributed by atoms with Crippen molar-refractivity contribution in [1.29, 1.82) is 0 Å². The first-order chi connectivity index (χ1) is 7.22. The van der Waals surface area contributed by atoms with Crippen LogP contribution in [0.5, 0.6) is 0 Å². The number of hydrogen-bond donors (Lipinski definition) is 3. The average molecular weight is 228 g/mol. The van der Waals surface area contributed by atoms with Crippen LogP contribution in [0.2, 0.25) is 0 Å². The topological polar surface area (TPSA) is 78.4 Å². The Morgan fingerprint density at radius 2 is 1.88 bits per heavy atom. The highest BCUT2D eigenvalue weighted by Gasteiger charge is 2.12. The standard InChI is InChI=1S/C11H20N2O3/c1-8(10(15)16)5-6-12-7-9(14)13-11(2,3)4/h5,12H,6-7H2,1-4H3,(H,13,14)(H,15,16). The van der Waals surface area contributed by atoms with Gasteiger partial charge in [-0.2, -0.15) is 0 Å². The van der Waals surface area contributed by atoms with Crippen molar-refractivity contribution in [3.8, 4) is 0 Å². The first kappa shape index (κ1) is 14.6. The SMILES string of the molecule is CC(=CCNCC(=O)NC(C)(C)C)C(=O)O. The van der Waals surface area contributed by atoms with Crippen LogP contribution in [0.1, 0.15) is 27.7 Å². The van der Waals surface area contributed by atoms with Gasteiger partial charge < -0.3 is 15.7 Å². The van der Waals surface area contributed by atoms with Crippen LogP contribution in [0.4, 0.5) is 0 Å². The predicted octanol–water partition coefficient (Wildman–Crippen LogP) is 0.522. The van der Waals surface area contributed by atoms with Crippen molar-refractivity contribution in [3.05, 3.63) is 11.6 Å². The molecule has 1 amide bonds. The molecule has 0 aromatic carbocycles. The Labute approximate surface area is 95.9 Å². The summed E-state index contributed by atoms with van der Waals surface area (Å²) in [7, 11) is 0. The lowest BCUT2D eigenvalue weighted by atomic mass is 10.1. The minimum atomic E-state index is -0.944. The van der Waals surface area contributed by atoms with Crippen LogP contribution >= 0.6 is 0 Å². The van der Waals surface area contributed by atoms with Gasteiger partial charge in [-0.1, -0.05) is 6.08 Å². The average Bonchev–Trinajstić information content (AvgIpc) is 2.08. The van der Waals surface area contributed by atoms with Gasteiger partial charge in [-0.05, 0) is 27.7 Å². The maximum absolute atomic E-state index is 11.3. The van der Waals surface area contributed by atoms with Crippen LogP contribution in [0, 0.1) is 0 Å². The summed E-state index contributed by atoms with van der Waals surface area (Å²) in [6.45, 7) is 7.77. The second kappa shape index (κ2) is 6.27. The molecule has 16 heavy (non-hydrogen) atoms. The number of carbonyl (C=O) groups is 2. The second-order valence-corrected chi connectivity index (χ2v) is 4.62. The minimum absolute atomic E-state index is 0.103. The molecular formula is C11H20N2O3. The largest absolute Gasteiger partial charge is 0.478 e. The molecule has 5 heteroatoms. The van der Waals surface area contributed by atoms with Crippen molar-refractivity contribution >= 4 is 11.9 Å². The number of hydrogen-bond acceptors (Lipinski definition) is 3. The molecule has 0 unspecified atom stereocenters. The van der Waals surface area contributed by atoms with Gasteiger partial charge in [0.1, 0.15) is 0 Å². The maximum Gasteiger partial charge on any atom is 0.330 e. The van der Waals surface area contributed by atoms with Gasteiger partial charge >= 0.3 is 5.97 Å². The van der Waals surface area contributed by atoms with E-state index in [1.165, 1.54) is 13.0 Å². The fourth-order valence-corrected chi connectivity index (χ4v) is 0.961. The fourth-order valence-electron chi connectivity index (χ4n) is 0.961. The molecule has 0 spiro atoms. The van der Waals surface area contributed by atoms with E-state index < -0.39 is 5.97 Å². The molecule has 0 aromatic heterocycles. The normalized spacial score (nSPS) is 12.4. The summed E-state index contributed by atoms with van der Waals surface area (Å²) in [6, 6.07) is 0. The lowest BCUT2D eigenvalue weighted by Crippen LogP contribution is -2.44. The number of aliphatic carboxylic acids is 1. The summed E-state index contributed by atoms with van der Waals surface area (Å²) in [4.78, 5) is 21.8. The zero-order valence-corrected chi connectivity index (χ0v) is 10.3. The van der Waals surface area contributed by atoms with Crippen molar-refractivity contribution < 1.29 is 14.7 Å². The lowest BCUT2D eigenvalue weighted by molar-refractivity contribution is -0.132. The van der Waals surface area contributed by atoms with Crippen LogP contribution in [0.3, 0.4) is 0 Å². The van der Waals surface area contributed by atoms with E-state index in [2.05, 4.69) is 10.6 Å². The third-order valence-corrected chi connectivity index (χ3v) is 1.69. The zero-order valence-electron chi connectivity index (χ0n) is 10.3. The van der Waals surface area contributed by atoms with Gasteiger partial charge in [0.15, 0.2) is 0 Å². The van der Waals surface area contributed by atoms with E-state index in [1.807, 2.05) is 20.8 Å². The highest BCUT2D eigenvalue weighted by Crippen LogP contribution is 1.97. The van der Waals surface area contributed by atoms with E-state index in [0.29, 0.717) is 6.54 Å². The van der Waals surface area contributed by atoms with Crippen molar-refractivity contribution in [2.75, 3.05) is 13.1 Å². The molecule has 0 saturated carbocycles. The molecule has 0 saturated heterocycles. The van der Waals surface area contributed by atoms with Gasteiger partial charge in [-0.15, -0.1) is 0 Å². The summed E-state index contributed by atoms with van der Waals surface area (Å²) >= 11 is 0. The van der Waals surface area contributed by atoms with Gasteiger partial charge in [0, 0.05) is 17.7 Å². The summed E-state index contributed by atoms with van der Waals surface area (Å²) in [5.41, 5.74) is 0.0229. The number of nitrogens with one attached hydrogen (secondary N) is 2. The molecule has 0 rings (SSSR count). The fraction of sp³-hybridized carbons (Fsp3) is 0.636. The highest BCUT2D eigenvalue weighted by molar-refractivity contribution is 5.85. The number of carboxylic acids is 1. The summed E-state index contributed by atoms with van der Waals surface area (Å²) in [6.07, 6.45) is 1.53. The second-order valence-electron chi connectivity index (χ2n) is 4.62. The third-order valence-electron chi connectivity index (χ3n) is 1.69. The number of carboxylic acid groups (broad SMARTS) is 1. The molecule has 0 bridgehead atoms. The van der Waals surface area contributed by atoms with Crippen molar-refractivity contribution in [3.63, 3.8) is 0 Å². The van der Waals surface area contributed by atoms with Crippen molar-refractivity contribution in [2.24, 2.45) is 0 Å². The first-order valence-electron chi connectivity index (χ1n) is 5.14. The van der Waals surface area contributed by atoms with E-state index in [-0.39, 0.29) is 23.6 Å². The summed E-state index contributed by atoms with van der Waals surface area (Å²) in [5, 5.41) is 14.2. The molecule has 0 fully saturated rings. The van der Waals surface area contributed by atoms with Crippen LogP contribution < -0.4 is 10.6 Å². The van der Waals surface area contributed by atoms with E-state index in [4.69, 9.17) is 5.11 Å². The van der Waals surface area contributed by atoms with E-state index in [1.54, 1.807) is 0 Å². The summed E-state index contributed by atoms with van der Waals surface area (Å²) in [5.74, 6) is -1.05. The maximum atomic E-state index is 11.3. The van der Waals surface area contributed by atoms with Gasteiger partial charge in [-0.25, -0.2) is 4.79 Å².